The van der Waals surface area contributed by atoms with Crippen molar-refractivity contribution in [2.75, 3.05) is 19.6 Å². The van der Waals surface area contributed by atoms with Crippen LogP contribution < -0.4 is 0 Å². The maximum atomic E-state index is 12.5. The first-order valence-electron chi connectivity index (χ1n) is 7.93. The van der Waals surface area contributed by atoms with Crippen molar-refractivity contribution in [1.29, 1.82) is 0 Å². The maximum absolute atomic E-state index is 12.5. The third kappa shape index (κ3) is 3.92. The van der Waals surface area contributed by atoms with E-state index in [-0.39, 0.29) is 5.78 Å². The molecule has 0 spiro atoms. The van der Waals surface area contributed by atoms with Gasteiger partial charge < -0.3 is 0 Å². The molecule has 1 aromatic rings. The summed E-state index contributed by atoms with van der Waals surface area (Å²) in [6, 6.07) is 6.16. The Hall–Kier alpha value is -1.15. The number of carbonyl (C=O) groups is 1. The van der Waals surface area contributed by atoms with Gasteiger partial charge in [-0.25, -0.2) is 0 Å². The number of benzene rings is 1. The summed E-state index contributed by atoms with van der Waals surface area (Å²) in [6.45, 7) is 9.10. The van der Waals surface area contributed by atoms with Gasteiger partial charge in [0.05, 0.1) is 6.54 Å². The lowest BCUT2D eigenvalue weighted by molar-refractivity contribution is 0.0931. The van der Waals surface area contributed by atoms with Crippen LogP contribution in [0.1, 0.15) is 54.1 Å². The van der Waals surface area contributed by atoms with Crippen LogP contribution in [-0.2, 0) is 0 Å². The molecule has 0 saturated carbocycles. The van der Waals surface area contributed by atoms with Crippen molar-refractivity contribution in [3.63, 3.8) is 0 Å². The van der Waals surface area contributed by atoms with E-state index in [1.165, 1.54) is 31.2 Å². The summed E-state index contributed by atoms with van der Waals surface area (Å²) in [5.74, 6) is 1.14. The molecule has 0 amide bonds. The van der Waals surface area contributed by atoms with Gasteiger partial charge in [0.25, 0.3) is 0 Å². The summed E-state index contributed by atoms with van der Waals surface area (Å²) in [4.78, 5) is 14.9. The molecule has 0 aromatic heterocycles. The van der Waals surface area contributed by atoms with Gasteiger partial charge in [-0.2, -0.15) is 0 Å². The normalized spacial score (nSPS) is 20.6. The molecule has 0 N–H and O–H groups in total. The summed E-state index contributed by atoms with van der Waals surface area (Å²) >= 11 is 0. The summed E-state index contributed by atoms with van der Waals surface area (Å²) in [7, 11) is 0. The Morgan fingerprint density at radius 2 is 2.05 bits per heavy atom. The van der Waals surface area contributed by atoms with Gasteiger partial charge in [-0.3, -0.25) is 9.69 Å². The van der Waals surface area contributed by atoms with E-state index >= 15 is 0 Å². The fraction of sp³-hybridized carbons (Fsp3) is 0.611. The van der Waals surface area contributed by atoms with E-state index in [9.17, 15) is 4.79 Å². The largest absolute Gasteiger partial charge is 0.296 e. The monoisotopic (exact) mass is 273 g/mol. The Kier molecular flexibility index (Phi) is 5.36. The molecule has 2 heteroatoms. The zero-order chi connectivity index (χ0) is 14.5. The molecule has 1 aliphatic rings. The summed E-state index contributed by atoms with van der Waals surface area (Å²) in [5, 5.41) is 0. The number of nitrogens with zero attached hydrogens (tertiary/aromatic N) is 1. The summed E-state index contributed by atoms with van der Waals surface area (Å²) < 4.78 is 0. The lowest BCUT2D eigenvalue weighted by Gasteiger charge is -2.19. The van der Waals surface area contributed by atoms with Crippen LogP contribution in [0.3, 0.4) is 0 Å². The van der Waals surface area contributed by atoms with Gasteiger partial charge in [0.1, 0.15) is 0 Å². The topological polar surface area (TPSA) is 20.3 Å². The molecule has 1 heterocycles. The van der Waals surface area contributed by atoms with E-state index in [0.717, 1.165) is 30.1 Å². The van der Waals surface area contributed by atoms with Crippen molar-refractivity contribution in [2.24, 2.45) is 5.92 Å². The van der Waals surface area contributed by atoms with E-state index in [2.05, 4.69) is 24.0 Å². The van der Waals surface area contributed by atoms with Crippen LogP contribution in [0, 0.1) is 19.8 Å². The van der Waals surface area contributed by atoms with E-state index in [1.807, 2.05) is 19.9 Å². The molecule has 0 bridgehead atoms. The van der Waals surface area contributed by atoms with Gasteiger partial charge in [-0.05, 0) is 63.7 Å². The van der Waals surface area contributed by atoms with Crippen LogP contribution in [0.2, 0.25) is 0 Å². The fourth-order valence-electron chi connectivity index (χ4n) is 3.12. The Balaban J connectivity index is 1.99. The van der Waals surface area contributed by atoms with Crippen molar-refractivity contribution < 1.29 is 4.79 Å². The molecule has 1 atom stereocenters. The predicted molar refractivity (Wildman–Crippen MR) is 84.3 cm³/mol. The lowest BCUT2D eigenvalue weighted by Crippen LogP contribution is -2.31. The van der Waals surface area contributed by atoms with Crippen LogP contribution in [0.5, 0.6) is 0 Å². The Morgan fingerprint density at radius 3 is 2.80 bits per heavy atom. The zero-order valence-corrected chi connectivity index (χ0v) is 13.1. The van der Waals surface area contributed by atoms with Gasteiger partial charge >= 0.3 is 0 Å². The average Bonchev–Trinajstić information content (AvgIpc) is 2.66. The first-order chi connectivity index (χ1) is 9.60. The first kappa shape index (κ1) is 15.2. The molecular weight excluding hydrogens is 246 g/mol. The average molecular weight is 273 g/mol. The number of hydrogen-bond acceptors (Lipinski definition) is 2. The number of likely N-dealkylation sites (tertiary alicyclic amines) is 1. The Labute approximate surface area is 123 Å². The van der Waals surface area contributed by atoms with Gasteiger partial charge in [-0.15, -0.1) is 0 Å². The van der Waals surface area contributed by atoms with Crippen molar-refractivity contribution in [3.05, 3.63) is 34.9 Å². The van der Waals surface area contributed by atoms with E-state index < -0.39 is 0 Å². The second kappa shape index (κ2) is 7.03. The third-order valence-corrected chi connectivity index (χ3v) is 4.58. The molecule has 20 heavy (non-hydrogen) atoms. The van der Waals surface area contributed by atoms with Crippen LogP contribution in [0.4, 0.5) is 0 Å². The molecule has 1 aromatic carbocycles. The smallest absolute Gasteiger partial charge is 0.177 e. The molecule has 2 rings (SSSR count). The van der Waals surface area contributed by atoms with Crippen molar-refractivity contribution in [2.45, 2.75) is 46.5 Å². The highest BCUT2D eigenvalue weighted by atomic mass is 16.1. The Bertz CT molecular complexity index is 466. The van der Waals surface area contributed by atoms with Gasteiger partial charge in [0.15, 0.2) is 5.78 Å². The van der Waals surface area contributed by atoms with Crippen molar-refractivity contribution >= 4 is 5.78 Å². The van der Waals surface area contributed by atoms with Crippen LogP contribution in [-0.4, -0.2) is 30.3 Å². The number of Topliss-reactive ketones (excluding diaryl/α,β-unsaturated/α-hetero) is 1. The molecule has 2 nitrogen and oxygen atoms in total. The predicted octanol–water partition coefficient (Wildman–Crippen LogP) is 4.00. The van der Waals surface area contributed by atoms with E-state index in [1.54, 1.807) is 0 Å². The van der Waals surface area contributed by atoms with Gasteiger partial charge in [0, 0.05) is 5.56 Å². The minimum Gasteiger partial charge on any atom is -0.296 e. The molecular formula is C18H27NO. The highest BCUT2D eigenvalue weighted by Crippen LogP contribution is 2.20. The third-order valence-electron chi connectivity index (χ3n) is 4.58. The number of ketones is 1. The second-order valence-electron chi connectivity index (χ2n) is 6.22. The van der Waals surface area contributed by atoms with Crippen molar-refractivity contribution in [3.8, 4) is 0 Å². The summed E-state index contributed by atoms with van der Waals surface area (Å²) in [5.41, 5.74) is 3.17. The molecule has 1 unspecified atom stereocenters. The molecule has 1 fully saturated rings. The highest BCUT2D eigenvalue weighted by Gasteiger charge is 2.19. The van der Waals surface area contributed by atoms with E-state index in [0.29, 0.717) is 6.54 Å². The fourth-order valence-corrected chi connectivity index (χ4v) is 3.12. The minimum atomic E-state index is 0.279. The number of aryl methyl sites for hydroxylation is 2. The van der Waals surface area contributed by atoms with Crippen molar-refractivity contribution in [1.82, 2.24) is 4.90 Å². The standard InChI is InChI=1S/C18H27NO/c1-4-16-6-5-10-19(11-9-16)13-18(20)17-12-14(2)7-8-15(17)3/h7-8,12,16H,4-6,9-11,13H2,1-3H3. The molecule has 1 aliphatic heterocycles. The van der Waals surface area contributed by atoms with Crippen LogP contribution >= 0.6 is 0 Å². The highest BCUT2D eigenvalue weighted by molar-refractivity contribution is 5.99. The van der Waals surface area contributed by atoms with Crippen LogP contribution in [0.25, 0.3) is 0 Å². The molecule has 110 valence electrons. The molecule has 1 saturated heterocycles. The number of rotatable bonds is 4. The quantitative estimate of drug-likeness (QED) is 0.773. The Morgan fingerprint density at radius 1 is 1.25 bits per heavy atom. The molecule has 0 radical (unpaired) electrons. The summed E-state index contributed by atoms with van der Waals surface area (Å²) in [6.07, 6.45) is 5.08. The number of hydrogen-bond donors (Lipinski definition) is 0. The zero-order valence-electron chi connectivity index (χ0n) is 13.1. The SMILES string of the molecule is CCC1CCCN(CC(=O)c2cc(C)ccc2C)CC1. The maximum Gasteiger partial charge on any atom is 0.177 e. The molecule has 0 aliphatic carbocycles. The lowest BCUT2D eigenvalue weighted by atomic mass is 9.98. The van der Waals surface area contributed by atoms with Gasteiger partial charge in [-0.1, -0.05) is 31.0 Å². The number of carbonyl (C=O) groups excluding carboxylic acids is 1. The minimum absolute atomic E-state index is 0.279. The second-order valence-corrected chi connectivity index (χ2v) is 6.22. The van der Waals surface area contributed by atoms with Gasteiger partial charge in [0.2, 0.25) is 0 Å². The van der Waals surface area contributed by atoms with E-state index in [4.69, 9.17) is 0 Å². The van der Waals surface area contributed by atoms with Crippen LogP contribution in [0.15, 0.2) is 18.2 Å². The first-order valence-corrected chi connectivity index (χ1v) is 7.93.